The predicted octanol–water partition coefficient (Wildman–Crippen LogP) is 6.48. The van der Waals surface area contributed by atoms with Crippen molar-refractivity contribution >= 4 is 33.5 Å². The Bertz CT molecular complexity index is 1960. The number of carbonyl (C=O) groups is 1. The maximum Gasteiger partial charge on any atom is 0.255 e. The summed E-state index contributed by atoms with van der Waals surface area (Å²) >= 11 is 0. The van der Waals surface area contributed by atoms with E-state index in [9.17, 15) is 4.79 Å². The van der Waals surface area contributed by atoms with Gasteiger partial charge in [-0.3, -0.25) is 19.9 Å². The Kier molecular flexibility index (Phi) is 5.41. The van der Waals surface area contributed by atoms with Crippen molar-refractivity contribution in [1.29, 1.82) is 0 Å². The Hall–Kier alpha value is -5.63. The van der Waals surface area contributed by atoms with E-state index in [0.29, 0.717) is 16.9 Å². The highest BCUT2D eigenvalue weighted by atomic mass is 16.1. The van der Waals surface area contributed by atoms with Crippen molar-refractivity contribution in [3.8, 4) is 33.6 Å². The Morgan fingerprint density at radius 2 is 1.59 bits per heavy atom. The van der Waals surface area contributed by atoms with Gasteiger partial charge in [-0.1, -0.05) is 30.3 Å². The molecular weight excluding hydrogens is 486 g/mol. The molecule has 5 aromatic heterocycles. The molecule has 0 radical (unpaired) electrons. The molecule has 0 bridgehead atoms. The number of fused-ring (bicyclic) bond motifs is 2. The molecule has 5 heterocycles. The summed E-state index contributed by atoms with van der Waals surface area (Å²) in [6.45, 7) is 0. The molecule has 2 aromatic carbocycles. The monoisotopic (exact) mass is 507 g/mol. The average Bonchev–Trinajstić information content (AvgIpc) is 3.62. The first-order valence-electron chi connectivity index (χ1n) is 12.4. The fraction of sp³-hybridized carbons (Fsp3) is 0. The molecule has 0 atom stereocenters. The quantitative estimate of drug-likeness (QED) is 0.247. The third-order valence-electron chi connectivity index (χ3n) is 6.69. The van der Waals surface area contributed by atoms with Crippen molar-refractivity contribution in [2.45, 2.75) is 0 Å². The van der Waals surface area contributed by atoms with E-state index in [0.717, 1.165) is 49.9 Å². The summed E-state index contributed by atoms with van der Waals surface area (Å²) in [6, 6.07) is 25.4. The van der Waals surface area contributed by atoms with Crippen molar-refractivity contribution in [2.24, 2.45) is 0 Å². The van der Waals surface area contributed by atoms with Crippen LogP contribution in [-0.4, -0.2) is 36.0 Å². The highest BCUT2D eigenvalue weighted by Crippen LogP contribution is 2.34. The summed E-state index contributed by atoms with van der Waals surface area (Å²) in [5.41, 5.74) is 8.47. The van der Waals surface area contributed by atoms with Gasteiger partial charge < -0.3 is 10.3 Å². The van der Waals surface area contributed by atoms with Crippen molar-refractivity contribution in [1.82, 2.24) is 30.1 Å². The lowest BCUT2D eigenvalue weighted by atomic mass is 10.0. The zero-order chi connectivity index (χ0) is 26.2. The summed E-state index contributed by atoms with van der Waals surface area (Å²) in [4.78, 5) is 29.2. The van der Waals surface area contributed by atoms with Crippen molar-refractivity contribution in [3.63, 3.8) is 0 Å². The molecule has 0 unspecified atom stereocenters. The number of nitrogens with one attached hydrogen (secondary N) is 3. The molecule has 0 fully saturated rings. The van der Waals surface area contributed by atoms with Crippen LogP contribution in [0.25, 0.3) is 55.6 Å². The lowest BCUT2D eigenvalue weighted by Gasteiger charge is -2.07. The number of amides is 1. The number of benzene rings is 2. The minimum absolute atomic E-state index is 0.190. The van der Waals surface area contributed by atoms with Gasteiger partial charge in [-0.05, 0) is 59.7 Å². The van der Waals surface area contributed by atoms with Crippen LogP contribution in [0.1, 0.15) is 10.4 Å². The van der Waals surface area contributed by atoms with Crippen molar-refractivity contribution in [2.75, 3.05) is 5.32 Å². The standard InChI is InChI=1S/C31H21N7O/c39-31(20-5-2-1-3-6-20)35-23-13-21(16-33-18-23)22-14-26-29(37-38-30(26)34-17-22)28-15-25-24(7-4-8-27(25)36-28)19-9-11-32-12-10-19/h1-18,36H,(H,35,39)(H,34,37,38). The lowest BCUT2D eigenvalue weighted by Crippen LogP contribution is -2.11. The van der Waals surface area contributed by atoms with E-state index in [1.54, 1.807) is 43.1 Å². The number of aromatic nitrogens is 6. The maximum atomic E-state index is 12.6. The molecule has 0 aliphatic heterocycles. The van der Waals surface area contributed by atoms with Crippen LogP contribution in [0.4, 0.5) is 5.69 Å². The van der Waals surface area contributed by atoms with E-state index in [1.165, 1.54) is 0 Å². The predicted molar refractivity (Wildman–Crippen MR) is 152 cm³/mol. The third-order valence-corrected chi connectivity index (χ3v) is 6.69. The Morgan fingerprint density at radius 3 is 2.46 bits per heavy atom. The van der Waals surface area contributed by atoms with Crippen LogP contribution < -0.4 is 5.32 Å². The van der Waals surface area contributed by atoms with E-state index in [1.807, 2.05) is 48.5 Å². The highest BCUT2D eigenvalue weighted by molar-refractivity contribution is 6.04. The topological polar surface area (TPSA) is 112 Å². The summed E-state index contributed by atoms with van der Waals surface area (Å²) in [5.74, 6) is -0.190. The van der Waals surface area contributed by atoms with Crippen molar-refractivity contribution < 1.29 is 4.79 Å². The Balaban J connectivity index is 1.25. The van der Waals surface area contributed by atoms with Gasteiger partial charge in [0.1, 0.15) is 5.69 Å². The van der Waals surface area contributed by atoms with E-state index in [2.05, 4.69) is 53.6 Å². The van der Waals surface area contributed by atoms with Gasteiger partial charge in [-0.15, -0.1) is 0 Å². The first kappa shape index (κ1) is 22.6. The fourth-order valence-electron chi connectivity index (χ4n) is 4.79. The van der Waals surface area contributed by atoms with Gasteiger partial charge in [0.2, 0.25) is 0 Å². The number of carbonyl (C=O) groups excluding carboxylic acids is 1. The number of nitrogens with zero attached hydrogens (tertiary/aromatic N) is 4. The fourth-order valence-corrected chi connectivity index (χ4v) is 4.79. The van der Waals surface area contributed by atoms with Gasteiger partial charge in [0.15, 0.2) is 5.65 Å². The van der Waals surface area contributed by atoms with E-state index in [4.69, 9.17) is 0 Å². The van der Waals surface area contributed by atoms with Gasteiger partial charge in [0.05, 0.1) is 17.6 Å². The third kappa shape index (κ3) is 4.19. The van der Waals surface area contributed by atoms with Crippen molar-refractivity contribution in [3.05, 3.63) is 115 Å². The first-order valence-corrected chi connectivity index (χ1v) is 12.4. The average molecular weight is 508 g/mol. The minimum Gasteiger partial charge on any atom is -0.353 e. The molecule has 186 valence electrons. The minimum atomic E-state index is -0.190. The summed E-state index contributed by atoms with van der Waals surface area (Å²) in [5, 5.41) is 12.5. The largest absolute Gasteiger partial charge is 0.353 e. The second-order valence-electron chi connectivity index (χ2n) is 9.16. The number of rotatable bonds is 5. The molecule has 1 amide bonds. The highest BCUT2D eigenvalue weighted by Gasteiger charge is 2.15. The van der Waals surface area contributed by atoms with Crippen LogP contribution in [0.15, 0.2) is 110 Å². The molecular formula is C31H21N7O. The molecule has 8 nitrogen and oxygen atoms in total. The summed E-state index contributed by atoms with van der Waals surface area (Å²) < 4.78 is 0. The molecule has 7 rings (SSSR count). The SMILES string of the molecule is O=C(Nc1cncc(-c2cnc3[nH]nc(-c4cc5c(-c6ccncc6)cccc5[nH]4)c3c2)c1)c1ccccc1. The Morgan fingerprint density at radius 1 is 0.744 bits per heavy atom. The van der Waals surface area contributed by atoms with Gasteiger partial charge in [-0.25, -0.2) is 4.98 Å². The summed E-state index contributed by atoms with van der Waals surface area (Å²) in [7, 11) is 0. The van der Waals surface area contributed by atoms with Crippen LogP contribution in [-0.2, 0) is 0 Å². The van der Waals surface area contributed by atoms with E-state index >= 15 is 0 Å². The number of aromatic amines is 2. The van der Waals surface area contributed by atoms with Crippen LogP contribution in [0.3, 0.4) is 0 Å². The van der Waals surface area contributed by atoms with Crippen LogP contribution >= 0.6 is 0 Å². The van der Waals surface area contributed by atoms with Gasteiger partial charge >= 0.3 is 0 Å². The molecule has 0 aliphatic carbocycles. The normalized spacial score (nSPS) is 11.2. The molecule has 39 heavy (non-hydrogen) atoms. The number of anilines is 1. The molecule has 0 saturated carbocycles. The second kappa shape index (κ2) is 9.35. The zero-order valence-electron chi connectivity index (χ0n) is 20.6. The smallest absolute Gasteiger partial charge is 0.255 e. The lowest BCUT2D eigenvalue weighted by molar-refractivity contribution is 0.102. The molecule has 0 saturated heterocycles. The molecule has 7 aromatic rings. The van der Waals surface area contributed by atoms with E-state index < -0.39 is 0 Å². The number of pyridine rings is 3. The van der Waals surface area contributed by atoms with Crippen LogP contribution in [0.2, 0.25) is 0 Å². The molecule has 8 heteroatoms. The van der Waals surface area contributed by atoms with Gasteiger partial charge in [0.25, 0.3) is 5.91 Å². The molecule has 0 spiro atoms. The second-order valence-corrected chi connectivity index (χ2v) is 9.16. The maximum absolute atomic E-state index is 12.6. The zero-order valence-corrected chi connectivity index (χ0v) is 20.6. The number of hydrogen-bond acceptors (Lipinski definition) is 5. The first-order chi connectivity index (χ1) is 19.2. The summed E-state index contributed by atoms with van der Waals surface area (Å²) in [6.07, 6.45) is 8.76. The number of hydrogen-bond donors (Lipinski definition) is 3. The van der Waals surface area contributed by atoms with Crippen LogP contribution in [0, 0.1) is 0 Å². The van der Waals surface area contributed by atoms with Gasteiger partial charge in [0, 0.05) is 57.8 Å². The molecule has 0 aliphatic rings. The number of H-pyrrole nitrogens is 2. The Labute approximate surface area is 222 Å². The van der Waals surface area contributed by atoms with Gasteiger partial charge in [-0.2, -0.15) is 5.10 Å². The van der Waals surface area contributed by atoms with Crippen LogP contribution in [0.5, 0.6) is 0 Å². The molecule has 3 N–H and O–H groups in total. The van der Waals surface area contributed by atoms with E-state index in [-0.39, 0.29) is 5.91 Å².